The molecule has 5 heteroatoms. The van der Waals surface area contributed by atoms with E-state index in [1.807, 2.05) is 6.07 Å². The fourth-order valence-corrected chi connectivity index (χ4v) is 1.53. The van der Waals surface area contributed by atoms with Crippen LogP contribution in [0.2, 0.25) is 10.0 Å². The van der Waals surface area contributed by atoms with Crippen molar-refractivity contribution in [1.29, 1.82) is 5.26 Å². The van der Waals surface area contributed by atoms with Gasteiger partial charge in [0, 0.05) is 12.6 Å². The minimum Gasteiger partial charge on any atom is -0.495 e. The Balaban J connectivity index is 2.81. The maximum absolute atomic E-state index is 8.38. The lowest BCUT2D eigenvalue weighted by Gasteiger charge is -2.09. The van der Waals surface area contributed by atoms with Gasteiger partial charge in [0.1, 0.15) is 5.75 Å². The summed E-state index contributed by atoms with van der Waals surface area (Å²) in [5.41, 5.74) is 0.706. The van der Waals surface area contributed by atoms with Crippen LogP contribution < -0.4 is 10.1 Å². The first-order chi connectivity index (χ1) is 7.19. The van der Waals surface area contributed by atoms with Crippen LogP contribution in [0.5, 0.6) is 5.75 Å². The summed E-state index contributed by atoms with van der Waals surface area (Å²) in [5, 5.41) is 12.4. The quantitative estimate of drug-likeness (QED) is 0.827. The number of methoxy groups -OCH3 is 1. The lowest BCUT2D eigenvalue weighted by Crippen LogP contribution is -2.01. The van der Waals surface area contributed by atoms with Gasteiger partial charge in [-0.3, -0.25) is 0 Å². The van der Waals surface area contributed by atoms with Crippen LogP contribution in [-0.2, 0) is 0 Å². The van der Waals surface area contributed by atoms with Crippen molar-refractivity contribution in [3.63, 3.8) is 0 Å². The van der Waals surface area contributed by atoms with Gasteiger partial charge in [-0.15, -0.1) is 0 Å². The number of ether oxygens (including phenoxy) is 1. The predicted molar refractivity (Wildman–Crippen MR) is 61.7 cm³/mol. The predicted octanol–water partition coefficient (Wildman–Crippen LogP) is 3.33. The SMILES string of the molecule is COc1cc(Cl)c(NCCC#N)cc1Cl. The molecule has 15 heavy (non-hydrogen) atoms. The van der Waals surface area contributed by atoms with Crippen molar-refractivity contribution in [1.82, 2.24) is 0 Å². The highest BCUT2D eigenvalue weighted by molar-refractivity contribution is 6.36. The number of hydrogen-bond donors (Lipinski definition) is 1. The van der Waals surface area contributed by atoms with E-state index in [9.17, 15) is 0 Å². The highest BCUT2D eigenvalue weighted by Gasteiger charge is 2.06. The van der Waals surface area contributed by atoms with Crippen LogP contribution in [0.25, 0.3) is 0 Å². The van der Waals surface area contributed by atoms with E-state index in [1.165, 1.54) is 7.11 Å². The zero-order chi connectivity index (χ0) is 11.3. The summed E-state index contributed by atoms with van der Waals surface area (Å²) in [7, 11) is 1.53. The van der Waals surface area contributed by atoms with E-state index in [2.05, 4.69) is 5.32 Å². The molecule has 0 bridgehead atoms. The Labute approximate surface area is 98.6 Å². The van der Waals surface area contributed by atoms with Gasteiger partial charge in [-0.05, 0) is 6.07 Å². The second-order valence-electron chi connectivity index (χ2n) is 2.80. The molecule has 1 N–H and O–H groups in total. The first-order valence-electron chi connectivity index (χ1n) is 4.33. The molecule has 1 aromatic rings. The molecule has 80 valence electrons. The third-order valence-electron chi connectivity index (χ3n) is 1.79. The van der Waals surface area contributed by atoms with E-state index >= 15 is 0 Å². The van der Waals surface area contributed by atoms with E-state index in [1.54, 1.807) is 12.1 Å². The van der Waals surface area contributed by atoms with Crippen molar-refractivity contribution in [3.8, 4) is 11.8 Å². The number of hydrogen-bond acceptors (Lipinski definition) is 3. The van der Waals surface area contributed by atoms with Crippen LogP contribution in [0.3, 0.4) is 0 Å². The molecule has 0 heterocycles. The van der Waals surface area contributed by atoms with Crippen LogP contribution >= 0.6 is 23.2 Å². The Bertz CT molecular complexity index is 388. The number of benzene rings is 1. The van der Waals surface area contributed by atoms with Crippen molar-refractivity contribution in [2.45, 2.75) is 6.42 Å². The minimum absolute atomic E-state index is 0.417. The maximum atomic E-state index is 8.38. The molecule has 0 aliphatic rings. The Kier molecular flexibility index (Phi) is 4.54. The molecule has 3 nitrogen and oxygen atoms in total. The van der Waals surface area contributed by atoms with Crippen molar-refractivity contribution < 1.29 is 4.74 Å². The standard InChI is InChI=1S/C10H10Cl2N2O/c1-15-10-6-7(11)9(5-8(10)12)14-4-2-3-13/h5-6,14H,2,4H2,1H3. The van der Waals surface area contributed by atoms with E-state index in [-0.39, 0.29) is 0 Å². The number of nitrogens with one attached hydrogen (secondary N) is 1. The Morgan fingerprint density at radius 3 is 2.73 bits per heavy atom. The molecular formula is C10H10Cl2N2O. The molecule has 0 saturated carbocycles. The smallest absolute Gasteiger partial charge is 0.139 e. The number of halogens is 2. The second-order valence-corrected chi connectivity index (χ2v) is 3.62. The average molecular weight is 245 g/mol. The number of nitriles is 1. The molecule has 1 rings (SSSR count). The number of anilines is 1. The fourth-order valence-electron chi connectivity index (χ4n) is 1.07. The zero-order valence-electron chi connectivity index (χ0n) is 8.18. The fraction of sp³-hybridized carbons (Fsp3) is 0.300. The summed E-state index contributed by atoms with van der Waals surface area (Å²) in [4.78, 5) is 0. The normalized spacial score (nSPS) is 9.47. The summed E-state index contributed by atoms with van der Waals surface area (Å²) in [5.74, 6) is 0.535. The van der Waals surface area contributed by atoms with E-state index in [0.717, 1.165) is 0 Å². The first kappa shape index (κ1) is 12.0. The first-order valence-corrected chi connectivity index (χ1v) is 5.08. The van der Waals surface area contributed by atoms with Gasteiger partial charge in [0.2, 0.25) is 0 Å². The second kappa shape index (κ2) is 5.69. The highest BCUT2D eigenvalue weighted by Crippen LogP contribution is 2.33. The molecule has 1 aromatic carbocycles. The molecule has 0 spiro atoms. The van der Waals surface area contributed by atoms with Crippen LogP contribution in [-0.4, -0.2) is 13.7 Å². The molecule has 0 amide bonds. The van der Waals surface area contributed by atoms with Crippen LogP contribution in [0.15, 0.2) is 12.1 Å². The summed E-state index contributed by atoms with van der Waals surface area (Å²) < 4.78 is 5.01. The molecule has 0 unspecified atom stereocenters. The lowest BCUT2D eigenvalue weighted by molar-refractivity contribution is 0.415. The Morgan fingerprint density at radius 2 is 2.13 bits per heavy atom. The zero-order valence-corrected chi connectivity index (χ0v) is 9.69. The van der Waals surface area contributed by atoms with Crippen molar-refractivity contribution in [2.75, 3.05) is 19.0 Å². The molecule has 0 saturated heterocycles. The van der Waals surface area contributed by atoms with Gasteiger partial charge in [-0.1, -0.05) is 23.2 Å². The maximum Gasteiger partial charge on any atom is 0.139 e. The summed E-state index contributed by atoms with van der Waals surface area (Å²) in [6, 6.07) is 5.35. The van der Waals surface area contributed by atoms with Gasteiger partial charge in [-0.2, -0.15) is 5.26 Å². The molecule has 0 radical (unpaired) electrons. The summed E-state index contributed by atoms with van der Waals surface area (Å²) >= 11 is 11.9. The Morgan fingerprint density at radius 1 is 1.40 bits per heavy atom. The Hall–Kier alpha value is -1.11. The van der Waals surface area contributed by atoms with Crippen molar-refractivity contribution >= 4 is 28.9 Å². The van der Waals surface area contributed by atoms with Crippen LogP contribution in [0, 0.1) is 11.3 Å². The topological polar surface area (TPSA) is 45.0 Å². The largest absolute Gasteiger partial charge is 0.495 e. The van der Waals surface area contributed by atoms with E-state index in [4.69, 9.17) is 33.2 Å². The molecule has 0 fully saturated rings. The minimum atomic E-state index is 0.417. The third-order valence-corrected chi connectivity index (χ3v) is 2.40. The number of rotatable bonds is 4. The molecule has 0 aliphatic carbocycles. The van der Waals surface area contributed by atoms with Crippen LogP contribution in [0.1, 0.15) is 6.42 Å². The molecule has 0 atom stereocenters. The van der Waals surface area contributed by atoms with Crippen molar-refractivity contribution in [3.05, 3.63) is 22.2 Å². The van der Waals surface area contributed by atoms with Gasteiger partial charge in [-0.25, -0.2) is 0 Å². The average Bonchev–Trinajstić information content (AvgIpc) is 2.23. The van der Waals surface area contributed by atoms with Gasteiger partial charge < -0.3 is 10.1 Å². The van der Waals surface area contributed by atoms with Gasteiger partial charge >= 0.3 is 0 Å². The van der Waals surface area contributed by atoms with E-state index in [0.29, 0.717) is 34.4 Å². The molecular weight excluding hydrogens is 235 g/mol. The van der Waals surface area contributed by atoms with E-state index < -0.39 is 0 Å². The summed E-state index contributed by atoms with van der Waals surface area (Å²) in [6.45, 7) is 0.541. The third kappa shape index (κ3) is 3.19. The van der Waals surface area contributed by atoms with Gasteiger partial charge in [0.05, 0.1) is 35.3 Å². The van der Waals surface area contributed by atoms with Crippen LogP contribution in [0.4, 0.5) is 5.69 Å². The van der Waals surface area contributed by atoms with Gasteiger partial charge in [0.15, 0.2) is 0 Å². The lowest BCUT2D eigenvalue weighted by atomic mass is 10.3. The monoisotopic (exact) mass is 244 g/mol. The highest BCUT2D eigenvalue weighted by atomic mass is 35.5. The van der Waals surface area contributed by atoms with Crippen molar-refractivity contribution in [2.24, 2.45) is 0 Å². The molecule has 0 aromatic heterocycles. The molecule has 0 aliphatic heterocycles. The number of nitrogens with zero attached hydrogens (tertiary/aromatic N) is 1. The summed E-state index contributed by atoms with van der Waals surface area (Å²) in [6.07, 6.45) is 0.417. The van der Waals surface area contributed by atoms with Gasteiger partial charge in [0.25, 0.3) is 0 Å².